The number of benzene rings is 2. The molecule has 2 aromatic carbocycles. The largest absolute Gasteiger partial charge is 0.457 e. The van der Waals surface area contributed by atoms with Crippen LogP contribution in [-0.4, -0.2) is 0 Å². The number of halogens is 2. The first-order chi connectivity index (χ1) is 7.25. The molecule has 0 N–H and O–H groups in total. The van der Waals surface area contributed by atoms with E-state index in [9.17, 15) is 0 Å². The van der Waals surface area contributed by atoms with Gasteiger partial charge in [-0.15, -0.1) is 0 Å². The highest BCUT2D eigenvalue weighted by Crippen LogP contribution is 2.29. The maximum absolute atomic E-state index is 5.87. The second-order valence-electron chi connectivity index (χ2n) is 2.99. The summed E-state index contributed by atoms with van der Waals surface area (Å²) in [6, 6.07) is 14.7. The second kappa shape index (κ2) is 4.56. The number of hydrogen-bond acceptors (Lipinski definition) is 1. The van der Waals surface area contributed by atoms with E-state index in [2.05, 4.69) is 0 Å². The summed E-state index contributed by atoms with van der Waals surface area (Å²) in [5.41, 5.74) is 0. The van der Waals surface area contributed by atoms with Crippen molar-refractivity contribution in [1.82, 2.24) is 0 Å². The third-order valence-electron chi connectivity index (χ3n) is 1.87. The quantitative estimate of drug-likeness (QED) is 0.732. The number of para-hydroxylation sites is 1. The van der Waals surface area contributed by atoms with Crippen molar-refractivity contribution >= 4 is 23.2 Å². The maximum Gasteiger partial charge on any atom is 0.129 e. The van der Waals surface area contributed by atoms with Crippen molar-refractivity contribution in [3.63, 3.8) is 0 Å². The van der Waals surface area contributed by atoms with Crippen LogP contribution in [0.5, 0.6) is 11.5 Å². The minimum atomic E-state index is 0.491. The van der Waals surface area contributed by atoms with Gasteiger partial charge in [0.1, 0.15) is 11.5 Å². The lowest BCUT2D eigenvalue weighted by molar-refractivity contribution is 0.483. The van der Waals surface area contributed by atoms with Crippen LogP contribution >= 0.6 is 23.2 Å². The standard InChI is InChI=1S/C12H8Cl2O/c13-11-7-6-10(8-12(11)14)15-9-4-2-1-3-5-9/h1-8H. The normalized spacial score (nSPS) is 10.0. The lowest BCUT2D eigenvalue weighted by Crippen LogP contribution is -1.83. The number of rotatable bonds is 2. The lowest BCUT2D eigenvalue weighted by atomic mass is 10.3. The zero-order valence-electron chi connectivity index (χ0n) is 7.78. The topological polar surface area (TPSA) is 9.23 Å². The van der Waals surface area contributed by atoms with Gasteiger partial charge in [-0.3, -0.25) is 0 Å². The van der Waals surface area contributed by atoms with Gasteiger partial charge in [-0.2, -0.15) is 0 Å². The van der Waals surface area contributed by atoms with Crippen LogP contribution < -0.4 is 4.74 Å². The van der Waals surface area contributed by atoms with Crippen molar-refractivity contribution in [2.75, 3.05) is 0 Å². The zero-order valence-corrected chi connectivity index (χ0v) is 9.29. The molecule has 0 fully saturated rings. The summed E-state index contributed by atoms with van der Waals surface area (Å²) >= 11 is 11.7. The molecular weight excluding hydrogens is 231 g/mol. The molecule has 0 aliphatic carbocycles. The molecule has 0 unspecified atom stereocenters. The van der Waals surface area contributed by atoms with Crippen LogP contribution in [0.4, 0.5) is 0 Å². The first-order valence-electron chi connectivity index (χ1n) is 4.43. The summed E-state index contributed by atoms with van der Waals surface area (Å²) in [6.07, 6.45) is 0. The Labute approximate surface area is 98.2 Å². The summed E-state index contributed by atoms with van der Waals surface area (Å²) in [6.45, 7) is 0. The van der Waals surface area contributed by atoms with Gasteiger partial charge in [0.25, 0.3) is 0 Å². The molecule has 0 amide bonds. The second-order valence-corrected chi connectivity index (χ2v) is 3.81. The molecule has 0 atom stereocenters. The molecule has 2 aromatic rings. The first kappa shape index (κ1) is 10.3. The molecule has 0 radical (unpaired) electrons. The monoisotopic (exact) mass is 238 g/mol. The van der Waals surface area contributed by atoms with Crippen LogP contribution in [-0.2, 0) is 0 Å². The van der Waals surface area contributed by atoms with Crippen molar-refractivity contribution < 1.29 is 4.74 Å². The van der Waals surface area contributed by atoms with Crippen molar-refractivity contribution in [3.8, 4) is 11.5 Å². The molecule has 0 spiro atoms. The summed E-state index contributed by atoms with van der Waals surface area (Å²) in [5, 5.41) is 1.02. The SMILES string of the molecule is Clc1ccc(Oc2ccccc2)cc1Cl. The van der Waals surface area contributed by atoms with E-state index in [0.29, 0.717) is 15.8 Å². The third-order valence-corrected chi connectivity index (χ3v) is 2.61. The molecule has 0 aromatic heterocycles. The van der Waals surface area contributed by atoms with Gasteiger partial charge in [0.2, 0.25) is 0 Å². The average molecular weight is 239 g/mol. The number of ether oxygens (including phenoxy) is 1. The van der Waals surface area contributed by atoms with Crippen LogP contribution in [0.1, 0.15) is 0 Å². The number of hydrogen-bond donors (Lipinski definition) is 0. The third kappa shape index (κ3) is 2.65. The summed E-state index contributed by atoms with van der Waals surface area (Å²) in [7, 11) is 0. The Hall–Kier alpha value is -1.18. The van der Waals surface area contributed by atoms with E-state index < -0.39 is 0 Å². The summed E-state index contributed by atoms with van der Waals surface area (Å²) in [5.74, 6) is 1.45. The summed E-state index contributed by atoms with van der Waals surface area (Å²) < 4.78 is 5.57. The highest BCUT2D eigenvalue weighted by atomic mass is 35.5. The molecule has 1 nitrogen and oxygen atoms in total. The fourth-order valence-corrected chi connectivity index (χ4v) is 1.45. The van der Waals surface area contributed by atoms with Gasteiger partial charge in [0.05, 0.1) is 10.0 Å². The molecule has 2 rings (SSSR count). The van der Waals surface area contributed by atoms with Gasteiger partial charge in [-0.05, 0) is 24.3 Å². The molecule has 0 aliphatic heterocycles. The van der Waals surface area contributed by atoms with E-state index in [1.807, 2.05) is 30.3 Å². The highest BCUT2D eigenvalue weighted by molar-refractivity contribution is 6.42. The van der Waals surface area contributed by atoms with Crippen molar-refractivity contribution in [1.29, 1.82) is 0 Å². The Morgan fingerprint density at radius 2 is 1.47 bits per heavy atom. The van der Waals surface area contributed by atoms with Gasteiger partial charge in [-0.1, -0.05) is 41.4 Å². The predicted molar refractivity (Wildman–Crippen MR) is 63.0 cm³/mol. The van der Waals surface area contributed by atoms with Crippen LogP contribution in [0.15, 0.2) is 48.5 Å². The molecule has 15 heavy (non-hydrogen) atoms. The molecule has 3 heteroatoms. The lowest BCUT2D eigenvalue weighted by Gasteiger charge is -2.05. The van der Waals surface area contributed by atoms with Crippen LogP contribution in [0.3, 0.4) is 0 Å². The van der Waals surface area contributed by atoms with Crippen molar-refractivity contribution in [2.45, 2.75) is 0 Å². The predicted octanol–water partition coefficient (Wildman–Crippen LogP) is 4.79. The molecule has 0 aliphatic rings. The van der Waals surface area contributed by atoms with Gasteiger partial charge in [-0.25, -0.2) is 0 Å². The molecule has 0 heterocycles. The van der Waals surface area contributed by atoms with Crippen LogP contribution in [0, 0.1) is 0 Å². The van der Waals surface area contributed by atoms with E-state index >= 15 is 0 Å². The smallest absolute Gasteiger partial charge is 0.129 e. The molecule has 76 valence electrons. The molecule has 0 saturated carbocycles. The van der Waals surface area contributed by atoms with E-state index in [4.69, 9.17) is 27.9 Å². The van der Waals surface area contributed by atoms with Crippen LogP contribution in [0.2, 0.25) is 10.0 Å². The zero-order chi connectivity index (χ0) is 10.7. The Kier molecular flexibility index (Phi) is 3.14. The fourth-order valence-electron chi connectivity index (χ4n) is 1.16. The van der Waals surface area contributed by atoms with Gasteiger partial charge >= 0.3 is 0 Å². The van der Waals surface area contributed by atoms with E-state index in [-0.39, 0.29) is 0 Å². The summed E-state index contributed by atoms with van der Waals surface area (Å²) in [4.78, 5) is 0. The maximum atomic E-state index is 5.87. The van der Waals surface area contributed by atoms with Gasteiger partial charge in [0, 0.05) is 6.07 Å². The Bertz CT molecular complexity index is 454. The molecular formula is C12H8Cl2O. The Morgan fingerprint density at radius 3 is 2.13 bits per heavy atom. The van der Waals surface area contributed by atoms with Crippen molar-refractivity contribution in [2.24, 2.45) is 0 Å². The average Bonchev–Trinajstić information content (AvgIpc) is 2.25. The first-order valence-corrected chi connectivity index (χ1v) is 5.19. The van der Waals surface area contributed by atoms with Crippen LogP contribution in [0.25, 0.3) is 0 Å². The van der Waals surface area contributed by atoms with E-state index in [1.54, 1.807) is 18.2 Å². The Balaban J connectivity index is 2.22. The van der Waals surface area contributed by atoms with Crippen molar-refractivity contribution in [3.05, 3.63) is 58.6 Å². The fraction of sp³-hybridized carbons (Fsp3) is 0. The van der Waals surface area contributed by atoms with E-state index in [0.717, 1.165) is 5.75 Å². The molecule has 0 saturated heterocycles. The van der Waals surface area contributed by atoms with Gasteiger partial charge in [0.15, 0.2) is 0 Å². The van der Waals surface area contributed by atoms with Gasteiger partial charge < -0.3 is 4.74 Å². The van der Waals surface area contributed by atoms with E-state index in [1.165, 1.54) is 0 Å². The minimum Gasteiger partial charge on any atom is -0.457 e. The Morgan fingerprint density at radius 1 is 0.733 bits per heavy atom. The highest BCUT2D eigenvalue weighted by Gasteiger charge is 2.00. The molecule has 0 bridgehead atoms. The minimum absolute atomic E-state index is 0.491.